The van der Waals surface area contributed by atoms with Gasteiger partial charge in [0.15, 0.2) is 23.3 Å². The van der Waals surface area contributed by atoms with Gasteiger partial charge in [0.2, 0.25) is 0 Å². The van der Waals surface area contributed by atoms with Crippen LogP contribution in [0.15, 0.2) is 24.3 Å². The summed E-state index contributed by atoms with van der Waals surface area (Å²) in [5.41, 5.74) is 2.85. The van der Waals surface area contributed by atoms with Crippen molar-refractivity contribution in [3.8, 4) is 0 Å². The summed E-state index contributed by atoms with van der Waals surface area (Å²) < 4.78 is 27.3. The Morgan fingerprint density at radius 2 is 1.80 bits per heavy atom. The zero-order valence-corrected chi connectivity index (χ0v) is 11.7. The van der Waals surface area contributed by atoms with Crippen molar-refractivity contribution < 1.29 is 8.78 Å². The fraction of sp³-hybridized carbons (Fsp3) is 0.267. The fourth-order valence-corrected chi connectivity index (χ4v) is 1.86. The molecule has 2 aromatic rings. The maximum absolute atomic E-state index is 13.8. The molecule has 0 aliphatic rings. The Balaban J connectivity index is 2.38. The summed E-state index contributed by atoms with van der Waals surface area (Å²) in [7, 11) is 0. The van der Waals surface area contributed by atoms with E-state index in [4.69, 9.17) is 0 Å². The molecular weight excluding hydrogens is 260 g/mol. The molecule has 0 radical (unpaired) electrons. The summed E-state index contributed by atoms with van der Waals surface area (Å²) in [6, 6.07) is 6.51. The van der Waals surface area contributed by atoms with Gasteiger partial charge >= 0.3 is 0 Å². The van der Waals surface area contributed by atoms with Gasteiger partial charge in [-0.1, -0.05) is 12.1 Å². The average molecular weight is 277 g/mol. The molecule has 1 aromatic carbocycles. The van der Waals surface area contributed by atoms with E-state index in [0.717, 1.165) is 22.9 Å². The number of anilines is 3. The second-order valence-corrected chi connectivity index (χ2v) is 4.55. The van der Waals surface area contributed by atoms with E-state index in [2.05, 4.69) is 15.6 Å². The maximum Gasteiger partial charge on any atom is 0.169 e. The third-order valence-electron chi connectivity index (χ3n) is 3.13. The summed E-state index contributed by atoms with van der Waals surface area (Å²) >= 11 is 0. The Morgan fingerprint density at radius 1 is 1.10 bits per heavy atom. The number of hydrogen-bond donors (Lipinski definition) is 2. The molecule has 1 aromatic heterocycles. The van der Waals surface area contributed by atoms with Crippen LogP contribution in [0.2, 0.25) is 0 Å². The zero-order valence-electron chi connectivity index (χ0n) is 11.7. The van der Waals surface area contributed by atoms with Gasteiger partial charge in [0.1, 0.15) is 0 Å². The van der Waals surface area contributed by atoms with Crippen molar-refractivity contribution in [1.82, 2.24) is 4.98 Å². The second-order valence-electron chi connectivity index (χ2n) is 4.55. The molecule has 0 fully saturated rings. The fourth-order valence-electron chi connectivity index (χ4n) is 1.86. The van der Waals surface area contributed by atoms with Gasteiger partial charge in [0, 0.05) is 18.3 Å². The van der Waals surface area contributed by atoms with Crippen LogP contribution < -0.4 is 10.6 Å². The van der Waals surface area contributed by atoms with Crippen LogP contribution in [0.1, 0.15) is 18.1 Å². The zero-order chi connectivity index (χ0) is 14.7. The van der Waals surface area contributed by atoms with Gasteiger partial charge in [-0.05, 0) is 38.0 Å². The Kier molecular flexibility index (Phi) is 4.17. The highest BCUT2D eigenvalue weighted by atomic mass is 19.1. The normalized spacial score (nSPS) is 10.4. The van der Waals surface area contributed by atoms with E-state index >= 15 is 0 Å². The number of aromatic nitrogens is 1. The minimum absolute atomic E-state index is 0.0102. The third kappa shape index (κ3) is 2.87. The molecule has 0 spiro atoms. The molecule has 0 bridgehead atoms. The highest BCUT2D eigenvalue weighted by molar-refractivity contribution is 5.63. The number of nitrogens with one attached hydrogen (secondary N) is 2. The van der Waals surface area contributed by atoms with Gasteiger partial charge in [0.05, 0.1) is 0 Å². The lowest BCUT2D eigenvalue weighted by molar-refractivity contribution is 0.579. The number of rotatable bonds is 4. The molecule has 0 atom stereocenters. The third-order valence-corrected chi connectivity index (χ3v) is 3.13. The average Bonchev–Trinajstić information content (AvgIpc) is 2.40. The first-order valence-electron chi connectivity index (χ1n) is 6.46. The van der Waals surface area contributed by atoms with Crippen molar-refractivity contribution in [1.29, 1.82) is 0 Å². The van der Waals surface area contributed by atoms with E-state index in [9.17, 15) is 8.78 Å². The van der Waals surface area contributed by atoms with Gasteiger partial charge in [0.25, 0.3) is 0 Å². The minimum Gasteiger partial charge on any atom is -0.368 e. The Labute approximate surface area is 117 Å². The van der Waals surface area contributed by atoms with Crippen LogP contribution in [0, 0.1) is 25.5 Å². The first kappa shape index (κ1) is 14.2. The molecule has 0 unspecified atom stereocenters. The van der Waals surface area contributed by atoms with Crippen LogP contribution in [0.3, 0.4) is 0 Å². The standard InChI is InChI=1S/C15H17F2N3/c1-4-18-14-11(16)8-12(17)15(20-14)19-13-7-5-6-9(2)10(13)3/h5-8H,4H2,1-3H3,(H2,18,19,20). The second kappa shape index (κ2) is 5.86. The van der Waals surface area contributed by atoms with E-state index in [-0.39, 0.29) is 11.6 Å². The first-order chi connectivity index (χ1) is 9.52. The molecule has 2 rings (SSSR count). The van der Waals surface area contributed by atoms with E-state index in [1.54, 1.807) is 0 Å². The molecule has 0 saturated carbocycles. The van der Waals surface area contributed by atoms with Crippen LogP contribution in [0.4, 0.5) is 26.1 Å². The predicted molar refractivity (Wildman–Crippen MR) is 77.5 cm³/mol. The topological polar surface area (TPSA) is 37.0 Å². The van der Waals surface area contributed by atoms with Crippen LogP contribution in [-0.4, -0.2) is 11.5 Å². The van der Waals surface area contributed by atoms with Gasteiger partial charge in [-0.15, -0.1) is 0 Å². The highest BCUT2D eigenvalue weighted by Crippen LogP contribution is 2.25. The Morgan fingerprint density at radius 3 is 2.50 bits per heavy atom. The predicted octanol–water partition coefficient (Wildman–Crippen LogP) is 4.15. The number of aryl methyl sites for hydroxylation is 1. The van der Waals surface area contributed by atoms with Gasteiger partial charge in [-0.25, -0.2) is 13.8 Å². The van der Waals surface area contributed by atoms with Gasteiger partial charge < -0.3 is 10.6 Å². The van der Waals surface area contributed by atoms with Crippen molar-refractivity contribution >= 4 is 17.3 Å². The number of pyridine rings is 1. The first-order valence-corrected chi connectivity index (χ1v) is 6.46. The molecule has 0 aliphatic heterocycles. The molecule has 2 N–H and O–H groups in total. The van der Waals surface area contributed by atoms with Gasteiger partial charge in [-0.3, -0.25) is 0 Å². The lowest BCUT2D eigenvalue weighted by Crippen LogP contribution is -2.07. The summed E-state index contributed by atoms with van der Waals surface area (Å²) in [5.74, 6) is -1.36. The van der Waals surface area contributed by atoms with Crippen molar-refractivity contribution in [3.63, 3.8) is 0 Å². The molecule has 20 heavy (non-hydrogen) atoms. The van der Waals surface area contributed by atoms with Crippen LogP contribution in [0.5, 0.6) is 0 Å². The number of halogens is 2. The molecule has 5 heteroatoms. The van der Waals surface area contributed by atoms with Crippen molar-refractivity contribution in [2.45, 2.75) is 20.8 Å². The molecule has 0 amide bonds. The number of nitrogens with zero attached hydrogens (tertiary/aromatic N) is 1. The molecule has 106 valence electrons. The Bertz CT molecular complexity index is 627. The number of hydrogen-bond acceptors (Lipinski definition) is 3. The number of benzene rings is 1. The van der Waals surface area contributed by atoms with Gasteiger partial charge in [-0.2, -0.15) is 0 Å². The van der Waals surface area contributed by atoms with Crippen molar-refractivity contribution in [2.75, 3.05) is 17.2 Å². The molecule has 1 heterocycles. The minimum atomic E-state index is -0.718. The van der Waals surface area contributed by atoms with E-state index in [1.807, 2.05) is 39.0 Å². The van der Waals surface area contributed by atoms with Crippen molar-refractivity contribution in [2.24, 2.45) is 0 Å². The summed E-state index contributed by atoms with van der Waals surface area (Å²) in [6.45, 7) is 6.24. The van der Waals surface area contributed by atoms with Crippen LogP contribution in [-0.2, 0) is 0 Å². The summed E-state index contributed by atoms with van der Waals surface area (Å²) in [6.07, 6.45) is 0. The molecular formula is C15H17F2N3. The van der Waals surface area contributed by atoms with E-state index in [1.165, 1.54) is 0 Å². The molecule has 3 nitrogen and oxygen atoms in total. The smallest absolute Gasteiger partial charge is 0.169 e. The molecule has 0 saturated heterocycles. The highest BCUT2D eigenvalue weighted by Gasteiger charge is 2.12. The van der Waals surface area contributed by atoms with E-state index in [0.29, 0.717) is 6.54 Å². The monoisotopic (exact) mass is 277 g/mol. The lowest BCUT2D eigenvalue weighted by atomic mass is 10.1. The van der Waals surface area contributed by atoms with Crippen LogP contribution in [0.25, 0.3) is 0 Å². The van der Waals surface area contributed by atoms with Crippen LogP contribution >= 0.6 is 0 Å². The maximum atomic E-state index is 13.8. The summed E-state index contributed by atoms with van der Waals surface area (Å²) in [4.78, 5) is 3.96. The lowest BCUT2D eigenvalue weighted by Gasteiger charge is -2.13. The quantitative estimate of drug-likeness (QED) is 0.881. The summed E-state index contributed by atoms with van der Waals surface area (Å²) in [5, 5.41) is 5.68. The molecule has 0 aliphatic carbocycles. The van der Waals surface area contributed by atoms with E-state index < -0.39 is 11.6 Å². The SMILES string of the molecule is CCNc1nc(Nc2cccc(C)c2C)c(F)cc1F. The Hall–Kier alpha value is -2.17. The van der Waals surface area contributed by atoms with Crippen molar-refractivity contribution in [3.05, 3.63) is 47.0 Å². The largest absolute Gasteiger partial charge is 0.368 e.